The van der Waals surface area contributed by atoms with E-state index in [-0.39, 0.29) is 30.2 Å². The number of aryl methyl sites for hydroxylation is 1. The smallest absolute Gasteiger partial charge is 0.333 e. The third kappa shape index (κ3) is 4.84. The van der Waals surface area contributed by atoms with Crippen molar-refractivity contribution in [2.24, 2.45) is 5.92 Å². The molecule has 1 aliphatic rings. The van der Waals surface area contributed by atoms with Gasteiger partial charge in [-0.1, -0.05) is 42.9 Å². The molecule has 33 heavy (non-hydrogen) atoms. The van der Waals surface area contributed by atoms with Crippen molar-refractivity contribution in [1.29, 1.82) is 0 Å². The van der Waals surface area contributed by atoms with Crippen molar-refractivity contribution in [3.05, 3.63) is 49.6 Å². The second kappa shape index (κ2) is 9.69. The van der Waals surface area contributed by atoms with E-state index in [1.165, 1.54) is 20.5 Å². The molecule has 1 aliphatic heterocycles. The summed E-state index contributed by atoms with van der Waals surface area (Å²) in [6.07, 6.45) is 2.75. The Labute approximate surface area is 200 Å². The summed E-state index contributed by atoms with van der Waals surface area (Å²) in [5.41, 5.74) is 0.862. The van der Waals surface area contributed by atoms with E-state index in [0.717, 1.165) is 36.6 Å². The van der Waals surface area contributed by atoms with Crippen LogP contribution >= 0.6 is 22.9 Å². The fraction of sp³-hybridized carbons (Fsp3) is 0.478. The van der Waals surface area contributed by atoms with Crippen molar-refractivity contribution in [1.82, 2.24) is 14.1 Å². The summed E-state index contributed by atoms with van der Waals surface area (Å²) in [7, 11) is 0. The average molecular weight is 490 g/mol. The average Bonchev–Trinajstić information content (AvgIpc) is 3.23. The maximum absolute atomic E-state index is 13.2. The third-order valence-corrected chi connectivity index (χ3v) is 7.51. The number of carbonyl (C=O) groups excluding carboxylic acids is 1. The zero-order valence-corrected chi connectivity index (χ0v) is 20.6. The molecule has 4 rings (SSSR count). The molecule has 0 atom stereocenters. The van der Waals surface area contributed by atoms with E-state index in [0.29, 0.717) is 27.7 Å². The zero-order valence-electron chi connectivity index (χ0n) is 19.1. The van der Waals surface area contributed by atoms with E-state index in [9.17, 15) is 14.4 Å². The van der Waals surface area contributed by atoms with Crippen LogP contribution < -0.4 is 21.5 Å². The van der Waals surface area contributed by atoms with E-state index < -0.39 is 5.69 Å². The normalized spacial score (nSPS) is 14.7. The van der Waals surface area contributed by atoms with E-state index in [1.54, 1.807) is 12.1 Å². The van der Waals surface area contributed by atoms with Gasteiger partial charge in [0.15, 0.2) is 10.8 Å². The molecule has 10 heteroatoms. The number of anilines is 2. The summed E-state index contributed by atoms with van der Waals surface area (Å²) in [4.78, 5) is 45.9. The van der Waals surface area contributed by atoms with Crippen molar-refractivity contribution in [3.63, 3.8) is 0 Å². The highest BCUT2D eigenvalue weighted by Gasteiger charge is 2.23. The molecular weight excluding hydrogens is 462 g/mol. The van der Waals surface area contributed by atoms with Gasteiger partial charge in [-0.15, -0.1) is 0 Å². The molecule has 0 bridgehead atoms. The Morgan fingerprint density at radius 3 is 2.64 bits per heavy atom. The summed E-state index contributed by atoms with van der Waals surface area (Å²) in [6, 6.07) is 5.24. The van der Waals surface area contributed by atoms with Crippen LogP contribution in [0.25, 0.3) is 10.3 Å². The van der Waals surface area contributed by atoms with E-state index in [1.807, 2.05) is 19.9 Å². The highest BCUT2D eigenvalue weighted by Crippen LogP contribution is 2.29. The van der Waals surface area contributed by atoms with Crippen molar-refractivity contribution in [2.75, 3.05) is 23.3 Å². The van der Waals surface area contributed by atoms with Crippen LogP contribution in [0.1, 0.15) is 38.7 Å². The van der Waals surface area contributed by atoms with E-state index in [4.69, 9.17) is 11.6 Å². The fourth-order valence-corrected chi connectivity index (χ4v) is 5.23. The van der Waals surface area contributed by atoms with Gasteiger partial charge in [-0.2, -0.15) is 0 Å². The highest BCUT2D eigenvalue weighted by atomic mass is 35.5. The Bertz CT molecular complexity index is 1300. The topological polar surface area (TPSA) is 89.2 Å². The van der Waals surface area contributed by atoms with Crippen LogP contribution in [0.4, 0.5) is 10.8 Å². The van der Waals surface area contributed by atoms with Gasteiger partial charge in [-0.25, -0.2) is 9.78 Å². The van der Waals surface area contributed by atoms with Gasteiger partial charge in [0.1, 0.15) is 11.2 Å². The van der Waals surface area contributed by atoms with Crippen LogP contribution in [0, 0.1) is 12.8 Å². The molecule has 1 fully saturated rings. The molecule has 176 valence electrons. The molecule has 2 aromatic heterocycles. The number of halogens is 1. The third-order valence-electron chi connectivity index (χ3n) is 6.01. The molecule has 1 amide bonds. The lowest BCUT2D eigenvalue weighted by molar-refractivity contribution is -0.116. The van der Waals surface area contributed by atoms with Crippen molar-refractivity contribution >= 4 is 50.0 Å². The lowest BCUT2D eigenvalue weighted by Crippen LogP contribution is -2.41. The van der Waals surface area contributed by atoms with Crippen LogP contribution in [0.3, 0.4) is 0 Å². The van der Waals surface area contributed by atoms with E-state index in [2.05, 4.69) is 22.1 Å². The summed E-state index contributed by atoms with van der Waals surface area (Å²) in [5.74, 6) is 0.274. The Kier molecular flexibility index (Phi) is 6.90. The first-order valence-corrected chi connectivity index (χ1v) is 12.4. The number of aromatic nitrogens is 3. The summed E-state index contributed by atoms with van der Waals surface area (Å²) < 4.78 is 2.92. The van der Waals surface area contributed by atoms with Gasteiger partial charge >= 0.3 is 5.69 Å². The molecule has 8 nitrogen and oxygen atoms in total. The first kappa shape index (κ1) is 23.5. The van der Waals surface area contributed by atoms with Crippen molar-refractivity contribution in [2.45, 2.75) is 53.1 Å². The number of thiazole rings is 1. The minimum absolute atomic E-state index is 0.245. The largest absolute Gasteiger partial charge is 0.348 e. The predicted octanol–water partition coefficient (Wildman–Crippen LogP) is 3.87. The lowest BCUT2D eigenvalue weighted by Gasteiger charge is -2.29. The molecule has 0 radical (unpaired) electrons. The summed E-state index contributed by atoms with van der Waals surface area (Å²) in [6.45, 7) is 7.79. The standard InChI is InChI=1S/C23H28ClN5O3S/c1-4-9-28-21(31)19-20(26-22(33-19)27-10-7-14(2)8-11-27)29(23(28)32)13-18(30)25-16-6-5-15(3)17(24)12-16/h5-6,12,14H,4,7-11,13H2,1-3H3,(H,25,30). The number of carbonyl (C=O) groups is 1. The number of hydrogen-bond acceptors (Lipinski definition) is 6. The van der Waals surface area contributed by atoms with Crippen LogP contribution in [-0.4, -0.2) is 33.1 Å². The molecule has 1 N–H and O–H groups in total. The number of piperidine rings is 1. The number of benzene rings is 1. The number of nitrogens with one attached hydrogen (secondary N) is 1. The predicted molar refractivity (Wildman–Crippen MR) is 134 cm³/mol. The van der Waals surface area contributed by atoms with Gasteiger partial charge in [0, 0.05) is 30.3 Å². The Morgan fingerprint density at radius 2 is 1.97 bits per heavy atom. The molecule has 1 aromatic carbocycles. The van der Waals surface area contributed by atoms with Gasteiger partial charge in [0.2, 0.25) is 5.91 Å². The number of amides is 1. The van der Waals surface area contributed by atoms with Crippen LogP contribution in [-0.2, 0) is 17.9 Å². The summed E-state index contributed by atoms with van der Waals surface area (Å²) in [5, 5.41) is 4.06. The van der Waals surface area contributed by atoms with Crippen LogP contribution in [0.2, 0.25) is 5.02 Å². The number of nitrogens with zero attached hydrogens (tertiary/aromatic N) is 4. The number of hydrogen-bond donors (Lipinski definition) is 1. The quantitative estimate of drug-likeness (QED) is 0.567. The van der Waals surface area contributed by atoms with Crippen molar-refractivity contribution in [3.8, 4) is 0 Å². The molecule has 3 heterocycles. The molecule has 0 aliphatic carbocycles. The molecule has 0 unspecified atom stereocenters. The molecular formula is C23H28ClN5O3S. The number of rotatable bonds is 6. The van der Waals surface area contributed by atoms with E-state index >= 15 is 0 Å². The highest BCUT2D eigenvalue weighted by molar-refractivity contribution is 7.22. The Hall–Kier alpha value is -2.65. The van der Waals surface area contributed by atoms with Crippen LogP contribution in [0.5, 0.6) is 0 Å². The van der Waals surface area contributed by atoms with Gasteiger partial charge < -0.3 is 10.2 Å². The van der Waals surface area contributed by atoms with Gasteiger partial charge in [0.25, 0.3) is 5.56 Å². The molecule has 3 aromatic rings. The first-order valence-electron chi connectivity index (χ1n) is 11.2. The first-order chi connectivity index (χ1) is 15.8. The van der Waals surface area contributed by atoms with Crippen LogP contribution in [0.15, 0.2) is 27.8 Å². The van der Waals surface area contributed by atoms with Gasteiger partial charge in [-0.3, -0.25) is 18.7 Å². The Balaban J connectivity index is 1.72. The van der Waals surface area contributed by atoms with Gasteiger partial charge in [-0.05, 0) is 49.8 Å². The molecule has 0 saturated carbocycles. The fourth-order valence-electron chi connectivity index (χ4n) is 3.98. The SMILES string of the molecule is CCCn1c(=O)c2sc(N3CCC(C)CC3)nc2n(CC(=O)Nc2ccc(C)c(Cl)c2)c1=O. The zero-order chi connectivity index (χ0) is 23.7. The monoisotopic (exact) mass is 489 g/mol. The lowest BCUT2D eigenvalue weighted by atomic mass is 10.00. The minimum atomic E-state index is -0.518. The molecule has 0 spiro atoms. The maximum Gasteiger partial charge on any atom is 0.333 e. The van der Waals surface area contributed by atoms with Crippen molar-refractivity contribution < 1.29 is 4.79 Å². The summed E-state index contributed by atoms with van der Waals surface area (Å²) >= 11 is 7.46. The molecule has 1 saturated heterocycles. The second-order valence-corrected chi connectivity index (χ2v) is 10.0. The number of fused-ring (bicyclic) bond motifs is 1. The maximum atomic E-state index is 13.2. The second-order valence-electron chi connectivity index (χ2n) is 8.66. The minimum Gasteiger partial charge on any atom is -0.348 e. The van der Waals surface area contributed by atoms with Gasteiger partial charge in [0.05, 0.1) is 0 Å². The Morgan fingerprint density at radius 1 is 1.24 bits per heavy atom.